The molecule has 0 unspecified atom stereocenters. The zero-order valence-electron chi connectivity index (χ0n) is 16.5. The molecule has 0 atom stereocenters. The summed E-state index contributed by atoms with van der Waals surface area (Å²) in [6.07, 6.45) is 3.77. The van der Waals surface area contributed by atoms with Crippen molar-refractivity contribution in [3.63, 3.8) is 0 Å². The van der Waals surface area contributed by atoms with Crippen molar-refractivity contribution in [1.82, 2.24) is 0 Å². The molecule has 0 radical (unpaired) electrons. The Morgan fingerprint density at radius 1 is 1.23 bits per heavy atom. The topological polar surface area (TPSA) is 94.4 Å². The molecule has 0 aliphatic carbocycles. The molecule has 1 aliphatic heterocycles. The summed E-state index contributed by atoms with van der Waals surface area (Å²) in [5.41, 5.74) is 2.86. The van der Waals surface area contributed by atoms with Crippen LogP contribution < -0.4 is 9.47 Å². The van der Waals surface area contributed by atoms with Crippen LogP contribution in [0, 0.1) is 0 Å². The first-order chi connectivity index (χ1) is 14.5. The monoisotopic (exact) mass is 407 g/mol. The van der Waals surface area contributed by atoms with Gasteiger partial charge in [0.1, 0.15) is 5.71 Å². The van der Waals surface area contributed by atoms with Crippen LogP contribution in [0.5, 0.6) is 11.5 Å². The van der Waals surface area contributed by atoms with Crippen LogP contribution in [0.3, 0.4) is 0 Å². The number of allylic oxidation sites excluding steroid dienone is 1. The van der Waals surface area contributed by atoms with Gasteiger partial charge >= 0.3 is 11.9 Å². The van der Waals surface area contributed by atoms with E-state index in [9.17, 15) is 9.59 Å². The normalized spacial score (nSPS) is 14.2. The second kappa shape index (κ2) is 9.56. The molecule has 2 aromatic rings. The van der Waals surface area contributed by atoms with Gasteiger partial charge in [-0.05, 0) is 37.1 Å². The zero-order valence-corrected chi connectivity index (χ0v) is 16.5. The molecular formula is C23H21NO6. The molecule has 0 fully saturated rings. The highest BCUT2D eigenvalue weighted by Gasteiger charge is 2.27. The maximum Gasteiger partial charge on any atom is 0.368 e. The van der Waals surface area contributed by atoms with Crippen molar-refractivity contribution in [3.8, 4) is 11.5 Å². The number of carboxylic acids is 1. The summed E-state index contributed by atoms with van der Waals surface area (Å²) >= 11 is 0. The highest BCUT2D eigenvalue weighted by Crippen LogP contribution is 2.35. The number of aliphatic carboxylic acids is 1. The minimum Gasteiger partial charge on any atom is -0.490 e. The first kappa shape index (κ1) is 20.9. The van der Waals surface area contributed by atoms with Crippen molar-refractivity contribution < 1.29 is 29.0 Å². The van der Waals surface area contributed by atoms with E-state index in [1.165, 1.54) is 0 Å². The first-order valence-corrected chi connectivity index (χ1v) is 9.35. The summed E-state index contributed by atoms with van der Waals surface area (Å²) in [7, 11) is 0. The predicted molar refractivity (Wildman–Crippen MR) is 112 cm³/mol. The highest BCUT2D eigenvalue weighted by atomic mass is 16.7. The predicted octanol–water partition coefficient (Wildman–Crippen LogP) is 3.62. The average molecular weight is 407 g/mol. The maximum absolute atomic E-state index is 12.3. The van der Waals surface area contributed by atoms with Crippen LogP contribution in [0.1, 0.15) is 23.6 Å². The maximum atomic E-state index is 12.3. The first-order valence-electron chi connectivity index (χ1n) is 9.35. The number of hydrogen-bond acceptors (Lipinski definition) is 6. The second-order valence-corrected chi connectivity index (χ2v) is 6.36. The van der Waals surface area contributed by atoms with Gasteiger partial charge in [-0.15, -0.1) is 6.58 Å². The number of rotatable bonds is 9. The minimum absolute atomic E-state index is 0.312. The Labute approximate surface area is 173 Å². The van der Waals surface area contributed by atoms with Gasteiger partial charge < -0.3 is 19.4 Å². The molecule has 0 saturated carbocycles. The number of carbonyl (C=O) groups is 2. The number of carboxylic acid groups (broad SMARTS) is 1. The molecule has 0 bridgehead atoms. The quantitative estimate of drug-likeness (QED) is 0.388. The Kier molecular flexibility index (Phi) is 6.64. The Hall–Kier alpha value is -3.87. The van der Waals surface area contributed by atoms with Crippen molar-refractivity contribution in [2.45, 2.75) is 13.3 Å². The van der Waals surface area contributed by atoms with Gasteiger partial charge in [0, 0.05) is 11.1 Å². The van der Waals surface area contributed by atoms with Crippen LogP contribution in [0.2, 0.25) is 0 Å². The lowest BCUT2D eigenvalue weighted by atomic mass is 9.99. The smallest absolute Gasteiger partial charge is 0.368 e. The van der Waals surface area contributed by atoms with Crippen LogP contribution >= 0.6 is 0 Å². The Balaban J connectivity index is 2.06. The molecule has 1 N–H and O–H groups in total. The van der Waals surface area contributed by atoms with Gasteiger partial charge in [-0.2, -0.15) is 0 Å². The van der Waals surface area contributed by atoms with E-state index in [2.05, 4.69) is 11.7 Å². The lowest BCUT2D eigenvalue weighted by Gasteiger charge is -2.16. The summed E-state index contributed by atoms with van der Waals surface area (Å²) in [4.78, 5) is 28.1. The Morgan fingerprint density at radius 2 is 2.00 bits per heavy atom. The lowest BCUT2D eigenvalue weighted by Crippen LogP contribution is -2.12. The van der Waals surface area contributed by atoms with E-state index in [0.29, 0.717) is 46.9 Å². The number of oxime groups is 1. The average Bonchev–Trinajstić information content (AvgIpc) is 3.08. The summed E-state index contributed by atoms with van der Waals surface area (Å²) in [6, 6.07) is 12.7. The Morgan fingerprint density at radius 3 is 2.67 bits per heavy atom. The number of ether oxygens (including phenoxy) is 2. The van der Waals surface area contributed by atoms with Crippen molar-refractivity contribution >= 4 is 23.7 Å². The second-order valence-electron chi connectivity index (χ2n) is 6.36. The van der Waals surface area contributed by atoms with Gasteiger partial charge in [0.05, 0.1) is 12.2 Å². The van der Waals surface area contributed by atoms with Gasteiger partial charge in [-0.1, -0.05) is 41.6 Å². The third-order valence-corrected chi connectivity index (χ3v) is 4.21. The van der Waals surface area contributed by atoms with E-state index in [4.69, 9.17) is 19.4 Å². The summed E-state index contributed by atoms with van der Waals surface area (Å²) < 4.78 is 11.1. The molecule has 7 heteroatoms. The van der Waals surface area contributed by atoms with Crippen LogP contribution in [-0.2, 0) is 20.8 Å². The number of benzene rings is 2. The molecule has 3 rings (SSSR count). The SMILES string of the molecule is C=CCc1cc(/C=C2\C(=O)ON=C2c2ccccc2)cc(OCC)c1OCC(=O)O. The van der Waals surface area contributed by atoms with E-state index >= 15 is 0 Å². The number of carbonyl (C=O) groups excluding carboxylic acids is 1. The molecule has 0 amide bonds. The lowest BCUT2D eigenvalue weighted by molar-refractivity contribution is -0.139. The molecular weight excluding hydrogens is 386 g/mol. The fraction of sp³-hybridized carbons (Fsp3) is 0.174. The molecule has 0 aromatic heterocycles. The third kappa shape index (κ3) is 4.75. The standard InChI is InChI=1S/C23H21NO6/c1-3-8-17-11-15(13-19(28-4-2)22(17)29-14-20(25)26)12-18-21(24-30-23(18)27)16-9-6-5-7-10-16/h3,5-7,9-13H,1,4,8,14H2,2H3,(H,25,26)/b18-12-. The molecule has 154 valence electrons. The number of nitrogens with zero attached hydrogens (tertiary/aromatic N) is 1. The fourth-order valence-electron chi connectivity index (χ4n) is 3.01. The van der Waals surface area contributed by atoms with Crippen molar-refractivity contribution in [3.05, 3.63) is 77.4 Å². The van der Waals surface area contributed by atoms with E-state index in [1.807, 2.05) is 37.3 Å². The van der Waals surface area contributed by atoms with E-state index in [-0.39, 0.29) is 0 Å². The third-order valence-electron chi connectivity index (χ3n) is 4.21. The summed E-state index contributed by atoms with van der Waals surface area (Å²) in [5, 5.41) is 12.9. The summed E-state index contributed by atoms with van der Waals surface area (Å²) in [5.74, 6) is -0.921. The Bertz CT molecular complexity index is 1020. The van der Waals surface area contributed by atoms with Crippen LogP contribution in [0.15, 0.2) is 65.8 Å². The molecule has 1 heterocycles. The molecule has 0 spiro atoms. The molecule has 7 nitrogen and oxygen atoms in total. The van der Waals surface area contributed by atoms with Gasteiger partial charge in [0.15, 0.2) is 18.1 Å². The van der Waals surface area contributed by atoms with Gasteiger partial charge in [0.25, 0.3) is 0 Å². The van der Waals surface area contributed by atoms with E-state index in [1.54, 1.807) is 24.3 Å². The molecule has 30 heavy (non-hydrogen) atoms. The van der Waals surface area contributed by atoms with Crippen molar-refractivity contribution in [2.75, 3.05) is 13.2 Å². The van der Waals surface area contributed by atoms with E-state index in [0.717, 1.165) is 5.56 Å². The summed E-state index contributed by atoms with van der Waals surface area (Å²) in [6.45, 7) is 5.42. The largest absolute Gasteiger partial charge is 0.490 e. The van der Waals surface area contributed by atoms with Crippen molar-refractivity contribution in [1.29, 1.82) is 0 Å². The minimum atomic E-state index is -1.09. The van der Waals surface area contributed by atoms with E-state index < -0.39 is 18.5 Å². The van der Waals surface area contributed by atoms with Crippen molar-refractivity contribution in [2.24, 2.45) is 5.16 Å². The molecule has 0 saturated heterocycles. The van der Waals surface area contributed by atoms with Crippen LogP contribution in [0.25, 0.3) is 6.08 Å². The zero-order chi connectivity index (χ0) is 21.5. The number of hydrogen-bond donors (Lipinski definition) is 1. The highest BCUT2D eigenvalue weighted by molar-refractivity contribution is 6.31. The van der Waals surface area contributed by atoms with Gasteiger partial charge in [-0.3, -0.25) is 0 Å². The van der Waals surface area contributed by atoms with Gasteiger partial charge in [0.2, 0.25) is 0 Å². The molecule has 1 aliphatic rings. The molecule has 2 aromatic carbocycles. The fourth-order valence-corrected chi connectivity index (χ4v) is 3.01. The van der Waals surface area contributed by atoms with Crippen LogP contribution in [0.4, 0.5) is 0 Å². The van der Waals surface area contributed by atoms with Gasteiger partial charge in [-0.25, -0.2) is 9.59 Å². The van der Waals surface area contributed by atoms with Crippen LogP contribution in [-0.4, -0.2) is 36.0 Å².